The van der Waals surface area contributed by atoms with Crippen LogP contribution in [-0.4, -0.2) is 20.3 Å². The van der Waals surface area contributed by atoms with Crippen molar-refractivity contribution in [3.8, 4) is 11.1 Å². The molecular weight excluding hydrogens is 372 g/mol. The lowest BCUT2D eigenvalue weighted by atomic mass is 9.93. The van der Waals surface area contributed by atoms with Gasteiger partial charge in [0.05, 0.1) is 6.10 Å². The van der Waals surface area contributed by atoms with Crippen LogP contribution in [0.1, 0.15) is 51.5 Å². The molecule has 0 radical (unpaired) electrons. The van der Waals surface area contributed by atoms with Crippen LogP contribution in [0, 0.1) is 0 Å². The number of hydrogen-bond acceptors (Lipinski definition) is 2. The zero-order chi connectivity index (χ0) is 19.7. The molecule has 0 saturated heterocycles. The van der Waals surface area contributed by atoms with E-state index in [4.69, 9.17) is 11.6 Å². The van der Waals surface area contributed by atoms with Crippen LogP contribution in [0.15, 0.2) is 47.5 Å². The molecule has 28 heavy (non-hydrogen) atoms. The van der Waals surface area contributed by atoms with Crippen LogP contribution in [0.2, 0.25) is 5.02 Å². The number of pyridine rings is 1. The molecule has 0 aliphatic heterocycles. The largest absolute Gasteiger partial charge is 0.393 e. The molecular formula is C23H27ClN2O2. The van der Waals surface area contributed by atoms with E-state index in [1.807, 2.05) is 18.3 Å². The fourth-order valence-corrected chi connectivity index (χ4v) is 4.54. The number of aliphatic hydroxyl groups excluding tert-OH is 1. The quantitative estimate of drug-likeness (QED) is 0.625. The van der Waals surface area contributed by atoms with Gasteiger partial charge in [0.15, 0.2) is 0 Å². The summed E-state index contributed by atoms with van der Waals surface area (Å²) in [6, 6.07) is 10.8. The minimum Gasteiger partial charge on any atom is -0.393 e. The van der Waals surface area contributed by atoms with Crippen LogP contribution in [0.5, 0.6) is 0 Å². The van der Waals surface area contributed by atoms with Crippen LogP contribution in [0.25, 0.3) is 22.0 Å². The van der Waals surface area contributed by atoms with E-state index in [1.54, 1.807) is 4.57 Å². The Morgan fingerprint density at radius 3 is 2.64 bits per heavy atom. The maximum Gasteiger partial charge on any atom is 0.269 e. The summed E-state index contributed by atoms with van der Waals surface area (Å²) < 4.78 is 4.02. The molecule has 1 saturated carbocycles. The van der Waals surface area contributed by atoms with Gasteiger partial charge >= 0.3 is 0 Å². The molecule has 4 nitrogen and oxygen atoms in total. The Hall–Kier alpha value is -2.04. The van der Waals surface area contributed by atoms with E-state index in [0.29, 0.717) is 17.6 Å². The first-order chi connectivity index (χ1) is 13.6. The molecule has 1 N–H and O–H groups in total. The van der Waals surface area contributed by atoms with Gasteiger partial charge in [0.1, 0.15) is 5.02 Å². The Morgan fingerprint density at radius 2 is 1.89 bits per heavy atom. The predicted octanol–water partition coefficient (Wildman–Crippen LogP) is 5.40. The van der Waals surface area contributed by atoms with Crippen molar-refractivity contribution in [2.24, 2.45) is 0 Å². The maximum absolute atomic E-state index is 12.6. The normalized spacial score (nSPS) is 20.0. The third kappa shape index (κ3) is 3.63. The third-order valence-corrected chi connectivity index (χ3v) is 6.32. The second-order valence-corrected chi connectivity index (χ2v) is 8.23. The molecule has 0 bridgehead atoms. The van der Waals surface area contributed by atoms with Gasteiger partial charge in [0, 0.05) is 41.4 Å². The number of aromatic nitrogens is 2. The summed E-state index contributed by atoms with van der Waals surface area (Å²) in [5.74, 6) is 0. The summed E-state index contributed by atoms with van der Waals surface area (Å²) in [5, 5.41) is 11.2. The Morgan fingerprint density at radius 1 is 1.11 bits per heavy atom. The second kappa shape index (κ2) is 8.14. The zero-order valence-corrected chi connectivity index (χ0v) is 17.0. The molecule has 3 aromatic rings. The van der Waals surface area contributed by atoms with Gasteiger partial charge in [-0.05, 0) is 61.9 Å². The first-order valence-corrected chi connectivity index (χ1v) is 10.6. The molecule has 1 aromatic carbocycles. The minimum absolute atomic E-state index is 0.119. The van der Waals surface area contributed by atoms with Crippen LogP contribution in [0.4, 0.5) is 0 Å². The van der Waals surface area contributed by atoms with E-state index < -0.39 is 0 Å². The number of aliphatic hydroxyl groups is 1. The summed E-state index contributed by atoms with van der Waals surface area (Å²) in [7, 11) is 0. The summed E-state index contributed by atoms with van der Waals surface area (Å²) in [5.41, 5.74) is 2.83. The number of aryl methyl sites for hydroxylation is 1. The van der Waals surface area contributed by atoms with Crippen LogP contribution >= 0.6 is 11.6 Å². The Bertz CT molecular complexity index is 1030. The highest BCUT2D eigenvalue weighted by Crippen LogP contribution is 2.34. The molecule has 0 atom stereocenters. The number of unbranched alkanes of at least 4 members (excludes halogenated alkanes) is 1. The highest BCUT2D eigenvalue weighted by atomic mass is 35.5. The fraction of sp³-hybridized carbons (Fsp3) is 0.435. The minimum atomic E-state index is -0.147. The average molecular weight is 399 g/mol. The van der Waals surface area contributed by atoms with E-state index in [1.165, 1.54) is 5.52 Å². The highest BCUT2D eigenvalue weighted by Gasteiger charge is 2.21. The molecule has 5 heteroatoms. The van der Waals surface area contributed by atoms with Crippen molar-refractivity contribution in [1.29, 1.82) is 0 Å². The van der Waals surface area contributed by atoms with Gasteiger partial charge in [-0.15, -0.1) is 0 Å². The molecule has 0 unspecified atom stereocenters. The SMILES string of the molecule is CCCCn1ccc(-c2ccc3c(ccn3[C@H]3CC[C@@H](O)CC3)c2)c(Cl)c1=O. The maximum atomic E-state index is 12.6. The van der Waals surface area contributed by atoms with Gasteiger partial charge in [-0.2, -0.15) is 0 Å². The second-order valence-electron chi connectivity index (χ2n) is 7.85. The van der Waals surface area contributed by atoms with Crippen molar-refractivity contribution < 1.29 is 5.11 Å². The lowest BCUT2D eigenvalue weighted by molar-refractivity contribution is 0.111. The van der Waals surface area contributed by atoms with Gasteiger partial charge in [0.25, 0.3) is 5.56 Å². The number of rotatable bonds is 5. The van der Waals surface area contributed by atoms with Crippen LogP contribution in [-0.2, 0) is 6.54 Å². The Labute approximate surface area is 170 Å². The van der Waals surface area contributed by atoms with Crippen molar-refractivity contribution in [2.75, 3.05) is 0 Å². The third-order valence-electron chi connectivity index (χ3n) is 5.95. The molecule has 148 valence electrons. The standard InChI is InChI=1S/C23H27ClN2O2/c1-2-3-12-25-13-11-20(22(24)23(25)28)16-4-9-21-17(15-16)10-14-26(21)18-5-7-19(27)8-6-18/h4,9-11,13-15,18-19,27H,2-3,5-8,12H2,1H3/t18-,19+. The number of nitrogens with zero attached hydrogens (tertiary/aromatic N) is 2. The fourth-order valence-electron chi connectivity index (χ4n) is 4.26. The summed E-state index contributed by atoms with van der Waals surface area (Å²) in [4.78, 5) is 12.6. The molecule has 2 aromatic heterocycles. The summed E-state index contributed by atoms with van der Waals surface area (Å²) >= 11 is 6.44. The van der Waals surface area contributed by atoms with Gasteiger partial charge in [-0.25, -0.2) is 0 Å². The van der Waals surface area contributed by atoms with E-state index in [9.17, 15) is 9.90 Å². The molecule has 1 fully saturated rings. The van der Waals surface area contributed by atoms with Gasteiger partial charge < -0.3 is 14.2 Å². The lowest BCUT2D eigenvalue weighted by Crippen LogP contribution is -2.20. The van der Waals surface area contributed by atoms with E-state index >= 15 is 0 Å². The number of benzene rings is 1. The van der Waals surface area contributed by atoms with Crippen molar-refractivity contribution in [3.63, 3.8) is 0 Å². The van der Waals surface area contributed by atoms with Gasteiger partial charge in [-0.1, -0.05) is 31.0 Å². The zero-order valence-electron chi connectivity index (χ0n) is 16.3. The van der Waals surface area contributed by atoms with Crippen molar-refractivity contribution in [3.05, 3.63) is 58.1 Å². The number of hydrogen-bond donors (Lipinski definition) is 1. The molecule has 0 spiro atoms. The molecule has 0 amide bonds. The van der Waals surface area contributed by atoms with Crippen LogP contribution < -0.4 is 5.56 Å². The summed E-state index contributed by atoms with van der Waals surface area (Å²) in [6.07, 6.45) is 9.60. The highest BCUT2D eigenvalue weighted by molar-refractivity contribution is 6.33. The van der Waals surface area contributed by atoms with E-state index in [0.717, 1.165) is 55.0 Å². The predicted molar refractivity (Wildman–Crippen MR) is 115 cm³/mol. The van der Waals surface area contributed by atoms with Crippen molar-refractivity contribution >= 4 is 22.5 Å². The first kappa shape index (κ1) is 19.3. The number of fused-ring (bicyclic) bond motifs is 1. The number of halogens is 1. The van der Waals surface area contributed by atoms with Gasteiger partial charge in [-0.3, -0.25) is 4.79 Å². The Balaban J connectivity index is 1.66. The van der Waals surface area contributed by atoms with Gasteiger partial charge in [0.2, 0.25) is 0 Å². The topological polar surface area (TPSA) is 47.2 Å². The van der Waals surface area contributed by atoms with Crippen LogP contribution in [0.3, 0.4) is 0 Å². The lowest BCUT2D eigenvalue weighted by Gasteiger charge is -2.27. The van der Waals surface area contributed by atoms with E-state index in [-0.39, 0.29) is 11.7 Å². The Kier molecular flexibility index (Phi) is 5.61. The van der Waals surface area contributed by atoms with E-state index in [2.05, 4.69) is 35.9 Å². The first-order valence-electron chi connectivity index (χ1n) is 10.3. The van der Waals surface area contributed by atoms with Crippen molar-refractivity contribution in [1.82, 2.24) is 9.13 Å². The average Bonchev–Trinajstić information content (AvgIpc) is 3.13. The molecule has 1 aliphatic rings. The smallest absolute Gasteiger partial charge is 0.269 e. The monoisotopic (exact) mass is 398 g/mol. The summed E-state index contributed by atoms with van der Waals surface area (Å²) in [6.45, 7) is 2.81. The molecule has 1 aliphatic carbocycles. The molecule has 4 rings (SSSR count). The van der Waals surface area contributed by atoms with Crippen molar-refractivity contribution in [2.45, 2.75) is 64.1 Å². The molecule has 2 heterocycles.